The molecule has 0 aliphatic carbocycles. The van der Waals surface area contributed by atoms with E-state index in [2.05, 4.69) is 10.1 Å². The molecule has 5 nitrogen and oxygen atoms in total. The maximum Gasteiger partial charge on any atom is 0.212 e. The van der Waals surface area contributed by atoms with Gasteiger partial charge < -0.3 is 4.74 Å². The van der Waals surface area contributed by atoms with E-state index in [1.807, 2.05) is 19.3 Å². The van der Waals surface area contributed by atoms with E-state index >= 15 is 0 Å². The van der Waals surface area contributed by atoms with Gasteiger partial charge in [0.1, 0.15) is 5.78 Å². The molecular weight excluding hydrogens is 230 g/mol. The second kappa shape index (κ2) is 5.44. The number of aryl methyl sites for hydroxylation is 1. The second-order valence-electron chi connectivity index (χ2n) is 4.12. The zero-order valence-electron chi connectivity index (χ0n) is 10.5. The fourth-order valence-electron chi connectivity index (χ4n) is 1.72. The highest BCUT2D eigenvalue weighted by Gasteiger charge is 2.07. The molecule has 2 aromatic rings. The highest BCUT2D eigenvalue weighted by molar-refractivity contribution is 5.82. The van der Waals surface area contributed by atoms with Gasteiger partial charge in [-0.25, -0.2) is 4.98 Å². The van der Waals surface area contributed by atoms with Crippen LogP contribution >= 0.6 is 0 Å². The molecule has 0 bridgehead atoms. The lowest BCUT2D eigenvalue weighted by atomic mass is 10.1. The molecule has 0 radical (unpaired) electrons. The maximum atomic E-state index is 11.8. The Hall–Kier alpha value is -2.17. The number of ether oxygens (including phenoxy) is 1. The molecular formula is C13H15N3O2. The number of hydrogen-bond acceptors (Lipinski definition) is 4. The van der Waals surface area contributed by atoms with Crippen LogP contribution in [-0.2, 0) is 24.7 Å². The number of ketones is 1. The molecule has 0 atom stereocenters. The molecule has 2 heterocycles. The molecule has 2 rings (SSSR count). The van der Waals surface area contributed by atoms with Crippen LogP contribution in [0.2, 0.25) is 0 Å². The minimum absolute atomic E-state index is 0.148. The van der Waals surface area contributed by atoms with Crippen LogP contribution in [0.3, 0.4) is 0 Å². The van der Waals surface area contributed by atoms with E-state index in [0.29, 0.717) is 18.7 Å². The van der Waals surface area contributed by atoms with E-state index in [-0.39, 0.29) is 5.78 Å². The van der Waals surface area contributed by atoms with E-state index in [9.17, 15) is 4.79 Å². The number of aromatic nitrogens is 3. The third kappa shape index (κ3) is 3.16. The largest absolute Gasteiger partial charge is 0.481 e. The summed E-state index contributed by atoms with van der Waals surface area (Å²) in [6.45, 7) is 0. The van der Waals surface area contributed by atoms with Crippen LogP contribution in [0.5, 0.6) is 5.88 Å². The molecule has 0 saturated carbocycles. The number of carbonyl (C=O) groups excluding carboxylic acids is 1. The Labute approximate surface area is 105 Å². The smallest absolute Gasteiger partial charge is 0.212 e. The average Bonchev–Trinajstić information content (AvgIpc) is 2.75. The van der Waals surface area contributed by atoms with Crippen molar-refractivity contribution in [2.45, 2.75) is 12.8 Å². The highest BCUT2D eigenvalue weighted by Crippen LogP contribution is 2.09. The zero-order valence-corrected chi connectivity index (χ0v) is 10.5. The Morgan fingerprint density at radius 2 is 2.06 bits per heavy atom. The normalized spacial score (nSPS) is 10.3. The van der Waals surface area contributed by atoms with Crippen molar-refractivity contribution in [2.75, 3.05) is 7.11 Å². The van der Waals surface area contributed by atoms with Crippen LogP contribution < -0.4 is 4.74 Å². The lowest BCUT2D eigenvalue weighted by Crippen LogP contribution is -2.06. The van der Waals surface area contributed by atoms with Crippen LogP contribution in [0.25, 0.3) is 0 Å². The van der Waals surface area contributed by atoms with E-state index < -0.39 is 0 Å². The average molecular weight is 245 g/mol. The summed E-state index contributed by atoms with van der Waals surface area (Å²) >= 11 is 0. The van der Waals surface area contributed by atoms with Gasteiger partial charge in [-0.05, 0) is 11.1 Å². The summed E-state index contributed by atoms with van der Waals surface area (Å²) in [5, 5.41) is 4.03. The van der Waals surface area contributed by atoms with Crippen LogP contribution in [0.1, 0.15) is 11.1 Å². The molecule has 0 aliphatic rings. The Morgan fingerprint density at radius 3 is 2.61 bits per heavy atom. The molecule has 0 saturated heterocycles. The summed E-state index contributed by atoms with van der Waals surface area (Å²) in [6, 6.07) is 3.61. The van der Waals surface area contributed by atoms with E-state index in [4.69, 9.17) is 4.74 Å². The van der Waals surface area contributed by atoms with Gasteiger partial charge in [-0.3, -0.25) is 9.48 Å². The Morgan fingerprint density at radius 1 is 1.28 bits per heavy atom. The molecule has 0 aromatic carbocycles. The van der Waals surface area contributed by atoms with Crippen molar-refractivity contribution in [3.8, 4) is 5.88 Å². The zero-order chi connectivity index (χ0) is 13.0. The van der Waals surface area contributed by atoms with Gasteiger partial charge in [0.25, 0.3) is 0 Å². The van der Waals surface area contributed by atoms with Gasteiger partial charge in [0.15, 0.2) is 0 Å². The number of carbonyl (C=O) groups is 1. The molecule has 0 unspecified atom stereocenters. The number of pyridine rings is 1. The number of methoxy groups -OCH3 is 1. The maximum absolute atomic E-state index is 11.8. The van der Waals surface area contributed by atoms with Crippen LogP contribution in [-0.4, -0.2) is 27.7 Å². The minimum atomic E-state index is 0.148. The predicted molar refractivity (Wildman–Crippen MR) is 66.4 cm³/mol. The Bertz CT molecular complexity index is 531. The Balaban J connectivity index is 1.94. The lowest BCUT2D eigenvalue weighted by Gasteiger charge is -2.01. The molecule has 18 heavy (non-hydrogen) atoms. The van der Waals surface area contributed by atoms with E-state index in [0.717, 1.165) is 11.1 Å². The lowest BCUT2D eigenvalue weighted by molar-refractivity contribution is -0.117. The second-order valence-corrected chi connectivity index (χ2v) is 4.12. The highest BCUT2D eigenvalue weighted by atomic mass is 16.5. The summed E-state index contributed by atoms with van der Waals surface area (Å²) in [5.41, 5.74) is 1.83. The molecule has 0 spiro atoms. The van der Waals surface area contributed by atoms with Gasteiger partial charge in [0, 0.05) is 38.3 Å². The number of Topliss-reactive ketones (excluding diaryl/α,β-unsaturated/α-hetero) is 1. The molecule has 5 heteroatoms. The van der Waals surface area contributed by atoms with E-state index in [1.165, 1.54) is 0 Å². The monoisotopic (exact) mass is 245 g/mol. The summed E-state index contributed by atoms with van der Waals surface area (Å²) < 4.78 is 6.66. The first-order valence-electron chi connectivity index (χ1n) is 5.65. The Kier molecular flexibility index (Phi) is 3.72. The topological polar surface area (TPSA) is 57.0 Å². The van der Waals surface area contributed by atoms with Gasteiger partial charge in [-0.15, -0.1) is 0 Å². The summed E-state index contributed by atoms with van der Waals surface area (Å²) in [6.07, 6.45) is 6.01. The van der Waals surface area contributed by atoms with Crippen LogP contribution in [0, 0.1) is 0 Å². The third-order valence-electron chi connectivity index (χ3n) is 2.57. The quantitative estimate of drug-likeness (QED) is 0.793. The number of hydrogen-bond donors (Lipinski definition) is 0. The van der Waals surface area contributed by atoms with Gasteiger partial charge in [0.05, 0.1) is 13.3 Å². The van der Waals surface area contributed by atoms with Crippen molar-refractivity contribution in [2.24, 2.45) is 7.05 Å². The summed E-state index contributed by atoms with van der Waals surface area (Å²) in [7, 11) is 3.40. The van der Waals surface area contributed by atoms with E-state index in [1.54, 1.807) is 30.3 Å². The van der Waals surface area contributed by atoms with Gasteiger partial charge in [-0.1, -0.05) is 6.07 Å². The molecule has 0 amide bonds. The molecule has 0 fully saturated rings. The van der Waals surface area contributed by atoms with Crippen LogP contribution in [0.15, 0.2) is 30.7 Å². The standard InChI is InChI=1S/C13H15N3O2/c1-16-9-11(8-15-16)6-12(17)5-10-3-4-13(18-2)14-7-10/h3-4,7-9H,5-6H2,1-2H3. The molecule has 94 valence electrons. The number of nitrogens with zero attached hydrogens (tertiary/aromatic N) is 3. The number of rotatable bonds is 5. The van der Waals surface area contributed by atoms with Gasteiger partial charge >= 0.3 is 0 Å². The van der Waals surface area contributed by atoms with Crippen molar-refractivity contribution in [3.05, 3.63) is 41.9 Å². The van der Waals surface area contributed by atoms with Gasteiger partial charge in [0.2, 0.25) is 5.88 Å². The first kappa shape index (κ1) is 12.3. The predicted octanol–water partition coefficient (Wildman–Crippen LogP) is 1.18. The van der Waals surface area contributed by atoms with Crippen molar-refractivity contribution < 1.29 is 9.53 Å². The van der Waals surface area contributed by atoms with Crippen LogP contribution in [0.4, 0.5) is 0 Å². The molecule has 2 aromatic heterocycles. The van der Waals surface area contributed by atoms with Crippen molar-refractivity contribution in [1.29, 1.82) is 0 Å². The van der Waals surface area contributed by atoms with Crippen molar-refractivity contribution in [1.82, 2.24) is 14.8 Å². The fourth-order valence-corrected chi connectivity index (χ4v) is 1.72. The van der Waals surface area contributed by atoms with Crippen molar-refractivity contribution in [3.63, 3.8) is 0 Å². The minimum Gasteiger partial charge on any atom is -0.481 e. The fraction of sp³-hybridized carbons (Fsp3) is 0.308. The van der Waals surface area contributed by atoms with Crippen molar-refractivity contribution >= 4 is 5.78 Å². The SMILES string of the molecule is COc1ccc(CC(=O)Cc2cnn(C)c2)cn1. The molecule has 0 aliphatic heterocycles. The van der Waals surface area contributed by atoms with Gasteiger partial charge in [-0.2, -0.15) is 5.10 Å². The summed E-state index contributed by atoms with van der Waals surface area (Å²) in [4.78, 5) is 15.9. The first-order chi connectivity index (χ1) is 8.67. The third-order valence-corrected chi connectivity index (χ3v) is 2.57. The first-order valence-corrected chi connectivity index (χ1v) is 5.65. The molecule has 0 N–H and O–H groups in total. The summed E-state index contributed by atoms with van der Waals surface area (Å²) in [5.74, 6) is 0.702.